The van der Waals surface area contributed by atoms with Gasteiger partial charge >= 0.3 is 0 Å². The highest BCUT2D eigenvalue weighted by molar-refractivity contribution is 6.09. The summed E-state index contributed by atoms with van der Waals surface area (Å²) in [7, 11) is 4.68. The molecule has 4 nitrogen and oxygen atoms in total. The highest BCUT2D eigenvalue weighted by Crippen LogP contribution is 2.42. The van der Waals surface area contributed by atoms with Crippen LogP contribution in [0.4, 0.5) is 0 Å². The predicted molar refractivity (Wildman–Crippen MR) is 90.8 cm³/mol. The number of hydrogen-bond acceptors (Lipinski definition) is 4. The van der Waals surface area contributed by atoms with Crippen LogP contribution in [0.3, 0.4) is 0 Å². The van der Waals surface area contributed by atoms with Crippen LogP contribution in [0.25, 0.3) is 11.1 Å². The molecule has 0 aliphatic carbocycles. The van der Waals surface area contributed by atoms with Gasteiger partial charge in [0.1, 0.15) is 0 Å². The first-order valence-corrected chi connectivity index (χ1v) is 7.13. The minimum atomic E-state index is -0.127. The van der Waals surface area contributed by atoms with Crippen molar-refractivity contribution in [2.75, 3.05) is 21.3 Å². The number of aryl methyl sites for hydroxylation is 1. The van der Waals surface area contributed by atoms with E-state index >= 15 is 0 Å². The Labute approximate surface area is 136 Å². The molecule has 120 valence electrons. The molecule has 0 amide bonds. The molecule has 0 bridgehead atoms. The van der Waals surface area contributed by atoms with E-state index in [4.69, 9.17) is 14.2 Å². The fourth-order valence-corrected chi connectivity index (χ4v) is 2.46. The Hall–Kier alpha value is -2.75. The van der Waals surface area contributed by atoms with Gasteiger partial charge < -0.3 is 14.2 Å². The standard InChI is InChI=1S/C19H20O4/c1-6-16(20)15-9-12(2)7-8-14(15)13-10-17(21-3)19(23-5)18(11-13)22-4/h6-11H,1H2,2-5H3. The van der Waals surface area contributed by atoms with Gasteiger partial charge in [-0.2, -0.15) is 0 Å². The van der Waals surface area contributed by atoms with Crippen molar-refractivity contribution in [3.8, 4) is 28.4 Å². The zero-order valence-corrected chi connectivity index (χ0v) is 13.8. The number of carbonyl (C=O) groups is 1. The third kappa shape index (κ3) is 3.21. The van der Waals surface area contributed by atoms with Crippen molar-refractivity contribution in [3.63, 3.8) is 0 Å². The fourth-order valence-electron chi connectivity index (χ4n) is 2.46. The molecule has 0 atom stereocenters. The molecule has 0 heterocycles. The molecule has 23 heavy (non-hydrogen) atoms. The Morgan fingerprint density at radius 1 is 1.00 bits per heavy atom. The minimum absolute atomic E-state index is 0.127. The summed E-state index contributed by atoms with van der Waals surface area (Å²) in [6.45, 7) is 5.52. The zero-order valence-electron chi connectivity index (χ0n) is 13.8. The average Bonchev–Trinajstić information content (AvgIpc) is 2.59. The van der Waals surface area contributed by atoms with E-state index in [2.05, 4.69) is 6.58 Å². The maximum absolute atomic E-state index is 12.2. The first-order valence-electron chi connectivity index (χ1n) is 7.13. The highest BCUT2D eigenvalue weighted by Gasteiger charge is 2.17. The van der Waals surface area contributed by atoms with Gasteiger partial charge in [0, 0.05) is 5.56 Å². The van der Waals surface area contributed by atoms with Gasteiger partial charge in [0.2, 0.25) is 5.75 Å². The van der Waals surface area contributed by atoms with Crippen molar-refractivity contribution in [1.82, 2.24) is 0 Å². The normalized spacial score (nSPS) is 10.1. The van der Waals surface area contributed by atoms with E-state index in [1.807, 2.05) is 37.3 Å². The molecule has 0 unspecified atom stereocenters. The van der Waals surface area contributed by atoms with Crippen molar-refractivity contribution in [2.24, 2.45) is 0 Å². The van der Waals surface area contributed by atoms with Crippen molar-refractivity contribution in [2.45, 2.75) is 6.92 Å². The number of hydrogen-bond donors (Lipinski definition) is 0. The summed E-state index contributed by atoms with van der Waals surface area (Å²) in [6, 6.07) is 9.37. The molecule has 0 aliphatic rings. The molecule has 0 radical (unpaired) electrons. The largest absolute Gasteiger partial charge is 0.493 e. The second-order valence-electron chi connectivity index (χ2n) is 5.03. The molecular weight excluding hydrogens is 292 g/mol. The number of benzene rings is 2. The first-order chi connectivity index (χ1) is 11.0. The van der Waals surface area contributed by atoms with E-state index in [1.54, 1.807) is 21.3 Å². The van der Waals surface area contributed by atoms with Gasteiger partial charge in [-0.1, -0.05) is 24.3 Å². The van der Waals surface area contributed by atoms with E-state index in [9.17, 15) is 4.79 Å². The molecule has 0 spiro atoms. The number of rotatable bonds is 6. The molecule has 4 heteroatoms. The second-order valence-corrected chi connectivity index (χ2v) is 5.03. The smallest absolute Gasteiger partial charge is 0.203 e. The van der Waals surface area contributed by atoms with Crippen LogP contribution in [-0.2, 0) is 0 Å². The van der Waals surface area contributed by atoms with Crippen LogP contribution in [0.2, 0.25) is 0 Å². The molecule has 2 aromatic rings. The van der Waals surface area contributed by atoms with Gasteiger partial charge in [-0.25, -0.2) is 0 Å². The van der Waals surface area contributed by atoms with Gasteiger partial charge in [-0.3, -0.25) is 4.79 Å². The van der Waals surface area contributed by atoms with Crippen LogP contribution < -0.4 is 14.2 Å². The lowest BCUT2D eigenvalue weighted by molar-refractivity contribution is 0.104. The lowest BCUT2D eigenvalue weighted by Crippen LogP contribution is -2.00. The molecule has 0 aromatic heterocycles. The molecule has 0 N–H and O–H groups in total. The van der Waals surface area contributed by atoms with E-state index in [0.29, 0.717) is 22.8 Å². The summed E-state index contributed by atoms with van der Waals surface area (Å²) < 4.78 is 16.1. The molecule has 0 fully saturated rings. The number of methoxy groups -OCH3 is 3. The number of ether oxygens (including phenoxy) is 3. The molecule has 0 saturated carbocycles. The van der Waals surface area contributed by atoms with E-state index in [-0.39, 0.29) is 5.78 Å². The third-order valence-corrected chi connectivity index (χ3v) is 3.60. The van der Waals surface area contributed by atoms with Gasteiger partial charge in [0.15, 0.2) is 17.3 Å². The summed E-state index contributed by atoms with van der Waals surface area (Å²) in [5.41, 5.74) is 3.20. The molecule has 2 aromatic carbocycles. The summed E-state index contributed by atoms with van der Waals surface area (Å²) in [5, 5.41) is 0. The Bertz CT molecular complexity index is 722. The molecular formula is C19H20O4. The monoisotopic (exact) mass is 312 g/mol. The van der Waals surface area contributed by atoms with Gasteiger partial charge in [-0.05, 0) is 42.3 Å². The quantitative estimate of drug-likeness (QED) is 0.596. The van der Waals surface area contributed by atoms with Crippen LogP contribution in [0, 0.1) is 6.92 Å². The summed E-state index contributed by atoms with van der Waals surface area (Å²) >= 11 is 0. The molecule has 2 rings (SSSR count). The zero-order chi connectivity index (χ0) is 17.0. The molecule has 0 saturated heterocycles. The van der Waals surface area contributed by atoms with Crippen molar-refractivity contribution >= 4 is 5.78 Å². The Kier molecular flexibility index (Phi) is 5.06. The van der Waals surface area contributed by atoms with Gasteiger partial charge in [0.05, 0.1) is 21.3 Å². The third-order valence-electron chi connectivity index (χ3n) is 3.60. The summed E-state index contributed by atoms with van der Waals surface area (Å²) in [6.07, 6.45) is 1.32. The number of ketones is 1. The van der Waals surface area contributed by atoms with Crippen LogP contribution in [0.5, 0.6) is 17.2 Å². The van der Waals surface area contributed by atoms with E-state index < -0.39 is 0 Å². The maximum Gasteiger partial charge on any atom is 0.203 e. The van der Waals surface area contributed by atoms with E-state index in [1.165, 1.54) is 6.08 Å². The molecule has 0 aliphatic heterocycles. The minimum Gasteiger partial charge on any atom is -0.493 e. The van der Waals surface area contributed by atoms with Gasteiger partial charge in [0.25, 0.3) is 0 Å². The Balaban J connectivity index is 2.72. The fraction of sp³-hybridized carbons (Fsp3) is 0.211. The summed E-state index contributed by atoms with van der Waals surface area (Å²) in [5.74, 6) is 1.47. The average molecular weight is 312 g/mol. The van der Waals surface area contributed by atoms with Crippen LogP contribution in [0.1, 0.15) is 15.9 Å². The predicted octanol–water partition coefficient (Wildman–Crippen LogP) is 4.06. The van der Waals surface area contributed by atoms with Crippen molar-refractivity contribution in [1.29, 1.82) is 0 Å². The van der Waals surface area contributed by atoms with Crippen LogP contribution in [0.15, 0.2) is 43.0 Å². The van der Waals surface area contributed by atoms with Crippen LogP contribution in [-0.4, -0.2) is 27.1 Å². The lowest BCUT2D eigenvalue weighted by Gasteiger charge is -2.15. The van der Waals surface area contributed by atoms with Gasteiger partial charge in [-0.15, -0.1) is 0 Å². The lowest BCUT2D eigenvalue weighted by atomic mass is 9.94. The second kappa shape index (κ2) is 7.01. The maximum atomic E-state index is 12.2. The topological polar surface area (TPSA) is 44.8 Å². The van der Waals surface area contributed by atoms with Crippen molar-refractivity contribution < 1.29 is 19.0 Å². The number of carbonyl (C=O) groups excluding carboxylic acids is 1. The first kappa shape index (κ1) is 16.6. The van der Waals surface area contributed by atoms with E-state index in [0.717, 1.165) is 16.7 Å². The Morgan fingerprint density at radius 2 is 1.61 bits per heavy atom. The highest BCUT2D eigenvalue weighted by atomic mass is 16.5. The Morgan fingerprint density at radius 3 is 2.09 bits per heavy atom. The van der Waals surface area contributed by atoms with Crippen LogP contribution >= 0.6 is 0 Å². The summed E-state index contributed by atoms with van der Waals surface area (Å²) in [4.78, 5) is 12.2. The SMILES string of the molecule is C=CC(=O)c1cc(C)ccc1-c1cc(OC)c(OC)c(OC)c1. The number of allylic oxidation sites excluding steroid dienone is 1. The van der Waals surface area contributed by atoms with Crippen molar-refractivity contribution in [3.05, 3.63) is 54.1 Å².